The van der Waals surface area contributed by atoms with Crippen LogP contribution in [0.15, 0.2) is 6.20 Å². The third-order valence-electron chi connectivity index (χ3n) is 5.16. The fraction of sp³-hybridized carbons (Fsp3) is 0.667. The molecule has 2 aliphatic heterocycles. The first-order chi connectivity index (χ1) is 11.5. The van der Waals surface area contributed by atoms with Gasteiger partial charge in [-0.2, -0.15) is 4.98 Å². The smallest absolute Gasteiger partial charge is 0.228 e. The Morgan fingerprint density at radius 3 is 2.92 bits per heavy atom. The summed E-state index contributed by atoms with van der Waals surface area (Å²) in [4.78, 5) is 21.4. The highest BCUT2D eigenvalue weighted by Crippen LogP contribution is 2.45. The number of halogens is 3. The number of aromatic nitrogens is 2. The second kappa shape index (κ2) is 5.77. The first kappa shape index (κ1) is 16.0. The number of nitrogens with zero attached hydrogens (tertiary/aromatic N) is 3. The van der Waals surface area contributed by atoms with Gasteiger partial charge in [0.2, 0.25) is 11.2 Å². The van der Waals surface area contributed by atoms with E-state index < -0.39 is 17.9 Å². The fourth-order valence-electron chi connectivity index (χ4n) is 3.52. The van der Waals surface area contributed by atoms with Crippen molar-refractivity contribution in [1.29, 1.82) is 0 Å². The number of carbonyl (C=O) groups is 1. The predicted molar refractivity (Wildman–Crippen MR) is 81.8 cm³/mol. The Morgan fingerprint density at radius 2 is 2.29 bits per heavy atom. The number of hydrogen-bond donors (Lipinski definition) is 1. The van der Waals surface area contributed by atoms with Crippen molar-refractivity contribution < 1.29 is 18.3 Å². The van der Waals surface area contributed by atoms with E-state index in [2.05, 4.69) is 15.3 Å². The molecule has 3 atom stereocenters. The van der Waals surface area contributed by atoms with Gasteiger partial charge in [0.15, 0.2) is 11.6 Å². The van der Waals surface area contributed by atoms with Crippen LogP contribution in [0.3, 0.4) is 0 Å². The van der Waals surface area contributed by atoms with Crippen LogP contribution in [0.4, 0.5) is 14.6 Å². The number of carbonyl (C=O) groups excluding carboxylic acids is 1. The molecular weight excluding hydrogens is 342 g/mol. The van der Waals surface area contributed by atoms with E-state index >= 15 is 0 Å². The number of rotatable bonds is 4. The van der Waals surface area contributed by atoms with Gasteiger partial charge in [-0.3, -0.25) is 4.79 Å². The maximum atomic E-state index is 13.7. The molecule has 24 heavy (non-hydrogen) atoms. The van der Waals surface area contributed by atoms with Gasteiger partial charge in [0.1, 0.15) is 6.17 Å². The van der Waals surface area contributed by atoms with Crippen molar-refractivity contribution in [3.05, 3.63) is 17.3 Å². The molecule has 0 radical (unpaired) electrons. The molecule has 9 heteroatoms. The highest BCUT2D eigenvalue weighted by atomic mass is 35.5. The summed E-state index contributed by atoms with van der Waals surface area (Å²) in [6.45, 7) is 2.62. The molecule has 0 aromatic carbocycles. The number of likely N-dealkylation sites (tertiary alicyclic amines) is 1. The Balaban J connectivity index is 1.43. The normalized spacial score (nSPS) is 30.3. The summed E-state index contributed by atoms with van der Waals surface area (Å²) in [5.74, 6) is -1.05. The van der Waals surface area contributed by atoms with Crippen molar-refractivity contribution in [2.45, 2.75) is 12.6 Å². The number of alkyl halides is 1. The molecule has 1 aromatic heterocycles. The SMILES string of the molecule is O=C(C1CC1F)N1CC(CNc2nc(Cl)ncc2F)C2(COC2)C1. The summed E-state index contributed by atoms with van der Waals surface area (Å²) in [5.41, 5.74) is -0.142. The molecule has 3 aliphatic rings. The zero-order chi connectivity index (χ0) is 16.9. The third kappa shape index (κ3) is 2.71. The lowest BCUT2D eigenvalue weighted by molar-refractivity contribution is -0.139. The number of amides is 1. The van der Waals surface area contributed by atoms with Crippen molar-refractivity contribution in [1.82, 2.24) is 14.9 Å². The molecule has 1 amide bonds. The van der Waals surface area contributed by atoms with Crippen molar-refractivity contribution in [3.63, 3.8) is 0 Å². The van der Waals surface area contributed by atoms with Crippen LogP contribution < -0.4 is 5.32 Å². The van der Waals surface area contributed by atoms with Crippen molar-refractivity contribution in [2.24, 2.45) is 17.3 Å². The standard InChI is InChI=1S/C15H17ClF2N4O2/c16-14-20-3-11(18)12(21-14)19-2-8-4-22(5-15(8)6-24-7-15)13(23)9-1-10(9)17/h3,8-10H,1-2,4-7H2,(H,19,20,21). The number of ether oxygens (including phenoxy) is 1. The van der Waals surface area contributed by atoms with E-state index in [0.717, 1.165) is 6.20 Å². The highest BCUT2D eigenvalue weighted by Gasteiger charge is 2.55. The molecular formula is C15H17ClF2N4O2. The molecule has 1 aliphatic carbocycles. The monoisotopic (exact) mass is 358 g/mol. The minimum Gasteiger partial charge on any atom is -0.380 e. The molecule has 2 saturated heterocycles. The van der Waals surface area contributed by atoms with E-state index in [0.29, 0.717) is 39.3 Å². The van der Waals surface area contributed by atoms with Crippen LogP contribution >= 0.6 is 11.6 Å². The Morgan fingerprint density at radius 1 is 1.54 bits per heavy atom. The van der Waals surface area contributed by atoms with Crippen LogP contribution in [0.1, 0.15) is 6.42 Å². The van der Waals surface area contributed by atoms with Crippen molar-refractivity contribution in [2.75, 3.05) is 38.2 Å². The lowest BCUT2D eigenvalue weighted by atomic mass is 9.76. The molecule has 1 saturated carbocycles. The molecule has 1 N–H and O–H groups in total. The number of anilines is 1. The lowest BCUT2D eigenvalue weighted by Gasteiger charge is -2.42. The fourth-order valence-corrected chi connectivity index (χ4v) is 3.65. The maximum Gasteiger partial charge on any atom is 0.228 e. The average Bonchev–Trinajstić information content (AvgIpc) is 3.11. The van der Waals surface area contributed by atoms with E-state index in [4.69, 9.17) is 16.3 Å². The van der Waals surface area contributed by atoms with E-state index in [9.17, 15) is 13.6 Å². The van der Waals surface area contributed by atoms with Gasteiger partial charge in [-0.05, 0) is 18.0 Å². The molecule has 0 bridgehead atoms. The van der Waals surface area contributed by atoms with E-state index in [1.165, 1.54) is 0 Å². The van der Waals surface area contributed by atoms with Crippen LogP contribution in [0.25, 0.3) is 0 Å². The summed E-state index contributed by atoms with van der Waals surface area (Å²) >= 11 is 5.69. The predicted octanol–water partition coefficient (Wildman–Crippen LogP) is 1.51. The average molecular weight is 359 g/mol. The first-order valence-corrected chi connectivity index (χ1v) is 8.29. The maximum absolute atomic E-state index is 13.7. The van der Waals surface area contributed by atoms with E-state index in [1.807, 2.05) is 0 Å². The minimum absolute atomic E-state index is 0.0356. The molecule has 1 aromatic rings. The summed E-state index contributed by atoms with van der Waals surface area (Å²) < 4.78 is 32.2. The van der Waals surface area contributed by atoms with Gasteiger partial charge in [0.05, 0.1) is 25.3 Å². The molecule has 130 valence electrons. The van der Waals surface area contributed by atoms with Crippen LogP contribution in [0.2, 0.25) is 5.28 Å². The molecule has 3 fully saturated rings. The zero-order valence-electron chi connectivity index (χ0n) is 12.8. The Bertz CT molecular complexity index is 673. The van der Waals surface area contributed by atoms with Gasteiger partial charge in [0, 0.05) is 31.0 Å². The topological polar surface area (TPSA) is 67.4 Å². The number of hydrogen-bond acceptors (Lipinski definition) is 5. The van der Waals surface area contributed by atoms with E-state index in [-0.39, 0.29) is 28.3 Å². The van der Waals surface area contributed by atoms with Crippen molar-refractivity contribution >= 4 is 23.3 Å². The zero-order valence-corrected chi connectivity index (χ0v) is 13.6. The van der Waals surface area contributed by atoms with Crippen LogP contribution in [-0.4, -0.2) is 59.8 Å². The van der Waals surface area contributed by atoms with Crippen LogP contribution in [0.5, 0.6) is 0 Å². The lowest BCUT2D eigenvalue weighted by Crippen LogP contribution is -2.50. The Kier molecular flexibility index (Phi) is 3.84. The summed E-state index contributed by atoms with van der Waals surface area (Å²) in [5, 5.41) is 2.92. The molecule has 1 spiro atoms. The van der Waals surface area contributed by atoms with Crippen LogP contribution in [0, 0.1) is 23.1 Å². The minimum atomic E-state index is -1.000. The third-order valence-corrected chi connectivity index (χ3v) is 5.35. The van der Waals surface area contributed by atoms with Gasteiger partial charge in [-0.15, -0.1) is 0 Å². The Hall–Kier alpha value is -1.54. The first-order valence-electron chi connectivity index (χ1n) is 7.91. The molecule has 6 nitrogen and oxygen atoms in total. The molecule has 4 rings (SSSR count). The summed E-state index contributed by atoms with van der Waals surface area (Å²) in [6, 6.07) is 0. The second-order valence-electron chi connectivity index (χ2n) is 6.85. The Labute approximate surface area is 142 Å². The number of nitrogens with one attached hydrogen (secondary N) is 1. The van der Waals surface area contributed by atoms with Gasteiger partial charge < -0.3 is 15.0 Å². The van der Waals surface area contributed by atoms with Gasteiger partial charge >= 0.3 is 0 Å². The van der Waals surface area contributed by atoms with Crippen molar-refractivity contribution in [3.8, 4) is 0 Å². The molecule has 3 heterocycles. The van der Waals surface area contributed by atoms with Gasteiger partial charge in [-0.25, -0.2) is 13.8 Å². The quantitative estimate of drug-likeness (QED) is 0.826. The van der Waals surface area contributed by atoms with Gasteiger partial charge in [-0.1, -0.05) is 0 Å². The largest absolute Gasteiger partial charge is 0.380 e. The second-order valence-corrected chi connectivity index (χ2v) is 7.18. The van der Waals surface area contributed by atoms with E-state index in [1.54, 1.807) is 4.90 Å². The van der Waals surface area contributed by atoms with Gasteiger partial charge in [0.25, 0.3) is 0 Å². The van der Waals surface area contributed by atoms with Crippen LogP contribution in [-0.2, 0) is 9.53 Å². The highest BCUT2D eigenvalue weighted by molar-refractivity contribution is 6.28. The molecule has 3 unspecified atom stereocenters. The summed E-state index contributed by atoms with van der Waals surface area (Å²) in [7, 11) is 0. The summed E-state index contributed by atoms with van der Waals surface area (Å²) in [6.07, 6.45) is 0.339.